The molecule has 0 aliphatic heterocycles. The molecule has 0 amide bonds. The summed E-state index contributed by atoms with van der Waals surface area (Å²) in [6.45, 7) is 0. The van der Waals surface area contributed by atoms with E-state index in [2.05, 4.69) is 5.43 Å². The van der Waals surface area contributed by atoms with Crippen molar-refractivity contribution in [2.24, 2.45) is 0 Å². The van der Waals surface area contributed by atoms with Crippen LogP contribution in [0.4, 0.5) is 5.69 Å². The normalized spacial score (nSPS) is 10.1. The van der Waals surface area contributed by atoms with Crippen molar-refractivity contribution in [2.45, 2.75) is 0 Å². The summed E-state index contributed by atoms with van der Waals surface area (Å²) in [7, 11) is 3.82. The fraction of sp³-hybridized carbons (Fsp3) is 0.250. The van der Waals surface area contributed by atoms with Crippen LogP contribution in [0.3, 0.4) is 0 Å². The first-order valence-electron chi connectivity index (χ1n) is 3.41. The van der Waals surface area contributed by atoms with Crippen LogP contribution < -0.4 is 5.43 Å². The van der Waals surface area contributed by atoms with Gasteiger partial charge in [0.15, 0.2) is 0 Å². The lowest BCUT2D eigenvalue weighted by Gasteiger charge is -2.12. The van der Waals surface area contributed by atoms with Gasteiger partial charge in [0.05, 0.1) is 0 Å². The molecule has 0 atom stereocenters. The third-order valence-electron chi connectivity index (χ3n) is 1.22. The summed E-state index contributed by atoms with van der Waals surface area (Å²) in [6, 6.07) is 6.92. The number of phenolic OH excluding ortho intramolecular Hbond substituents is 1. The summed E-state index contributed by atoms with van der Waals surface area (Å²) < 4.78 is 0. The number of nitrogens with zero attached hydrogens (tertiary/aromatic N) is 1. The van der Waals surface area contributed by atoms with Gasteiger partial charge in [0, 0.05) is 19.8 Å². The van der Waals surface area contributed by atoms with Gasteiger partial charge in [-0.15, -0.1) is 0 Å². The van der Waals surface area contributed by atoms with E-state index in [-0.39, 0.29) is 5.75 Å². The Balaban J connectivity index is 2.66. The topological polar surface area (TPSA) is 35.5 Å². The summed E-state index contributed by atoms with van der Waals surface area (Å²) in [4.78, 5) is 0. The molecule has 0 spiro atoms. The zero-order chi connectivity index (χ0) is 8.27. The summed E-state index contributed by atoms with van der Waals surface area (Å²) in [5.74, 6) is 0.286. The number of benzene rings is 1. The number of phenols is 1. The molecule has 0 bridgehead atoms. The van der Waals surface area contributed by atoms with Crippen LogP contribution >= 0.6 is 0 Å². The molecule has 1 rings (SSSR count). The Hall–Kier alpha value is -1.22. The van der Waals surface area contributed by atoms with Gasteiger partial charge in [-0.2, -0.15) is 0 Å². The summed E-state index contributed by atoms with van der Waals surface area (Å²) in [5, 5.41) is 10.8. The highest BCUT2D eigenvalue weighted by Gasteiger charge is 1.91. The summed E-state index contributed by atoms with van der Waals surface area (Å²) >= 11 is 0. The summed E-state index contributed by atoms with van der Waals surface area (Å²) in [6.07, 6.45) is 0. The van der Waals surface area contributed by atoms with Gasteiger partial charge in [0.25, 0.3) is 0 Å². The Bertz CT molecular complexity index is 218. The van der Waals surface area contributed by atoms with Crippen molar-refractivity contribution in [1.82, 2.24) is 5.01 Å². The Morgan fingerprint density at radius 3 is 2.18 bits per heavy atom. The number of aromatic hydroxyl groups is 1. The predicted molar refractivity (Wildman–Crippen MR) is 45.4 cm³/mol. The van der Waals surface area contributed by atoms with Crippen LogP contribution in [0, 0.1) is 0 Å². The van der Waals surface area contributed by atoms with Crippen LogP contribution in [0.5, 0.6) is 5.75 Å². The van der Waals surface area contributed by atoms with Crippen molar-refractivity contribution in [3.05, 3.63) is 24.3 Å². The van der Waals surface area contributed by atoms with Gasteiger partial charge >= 0.3 is 0 Å². The van der Waals surface area contributed by atoms with Gasteiger partial charge in [-0.25, -0.2) is 5.01 Å². The Morgan fingerprint density at radius 2 is 1.73 bits per heavy atom. The Kier molecular flexibility index (Phi) is 2.33. The molecule has 3 heteroatoms. The van der Waals surface area contributed by atoms with Gasteiger partial charge < -0.3 is 10.5 Å². The second-order valence-electron chi connectivity index (χ2n) is 2.55. The van der Waals surface area contributed by atoms with Crippen molar-refractivity contribution in [1.29, 1.82) is 0 Å². The van der Waals surface area contributed by atoms with E-state index < -0.39 is 0 Å². The molecular formula is C8H12N2O. The third-order valence-corrected chi connectivity index (χ3v) is 1.22. The van der Waals surface area contributed by atoms with Gasteiger partial charge in [-0.1, -0.05) is 0 Å². The molecule has 0 heterocycles. The van der Waals surface area contributed by atoms with Crippen molar-refractivity contribution >= 4 is 5.69 Å². The van der Waals surface area contributed by atoms with E-state index in [0.29, 0.717) is 0 Å². The van der Waals surface area contributed by atoms with Crippen molar-refractivity contribution < 1.29 is 5.11 Å². The number of anilines is 1. The van der Waals surface area contributed by atoms with Gasteiger partial charge in [0.2, 0.25) is 0 Å². The van der Waals surface area contributed by atoms with E-state index in [1.54, 1.807) is 12.1 Å². The Morgan fingerprint density at radius 1 is 1.18 bits per heavy atom. The molecule has 0 unspecified atom stereocenters. The molecule has 0 aromatic heterocycles. The zero-order valence-electron chi connectivity index (χ0n) is 6.70. The molecule has 0 saturated carbocycles. The molecule has 2 N–H and O–H groups in total. The average molecular weight is 152 g/mol. The minimum atomic E-state index is 0.286. The molecule has 3 nitrogen and oxygen atoms in total. The van der Waals surface area contributed by atoms with E-state index >= 15 is 0 Å². The molecule has 60 valence electrons. The fourth-order valence-electron chi connectivity index (χ4n) is 0.794. The maximum atomic E-state index is 8.95. The lowest BCUT2D eigenvalue weighted by molar-refractivity contribution is 0.474. The molecule has 0 saturated heterocycles. The SMILES string of the molecule is CN(C)Nc1ccc(O)cc1. The van der Waals surface area contributed by atoms with Gasteiger partial charge in [-0.05, 0) is 24.3 Å². The fourth-order valence-corrected chi connectivity index (χ4v) is 0.794. The van der Waals surface area contributed by atoms with E-state index in [4.69, 9.17) is 5.11 Å². The number of hydrogen-bond donors (Lipinski definition) is 2. The minimum absolute atomic E-state index is 0.286. The number of rotatable bonds is 2. The van der Waals surface area contributed by atoms with Crippen molar-refractivity contribution in [3.63, 3.8) is 0 Å². The second kappa shape index (κ2) is 3.25. The molecule has 1 aromatic carbocycles. The molecule has 1 aromatic rings. The zero-order valence-corrected chi connectivity index (χ0v) is 6.70. The lowest BCUT2D eigenvalue weighted by Crippen LogP contribution is -2.19. The highest BCUT2D eigenvalue weighted by Crippen LogP contribution is 2.13. The first-order chi connectivity index (χ1) is 5.18. The number of hydrazine groups is 1. The van der Waals surface area contributed by atoms with Gasteiger partial charge in [0.1, 0.15) is 5.75 Å². The molecule has 0 radical (unpaired) electrons. The van der Waals surface area contributed by atoms with Crippen LogP contribution in [0.15, 0.2) is 24.3 Å². The van der Waals surface area contributed by atoms with Crippen molar-refractivity contribution in [2.75, 3.05) is 19.5 Å². The first-order valence-corrected chi connectivity index (χ1v) is 3.41. The quantitative estimate of drug-likeness (QED) is 0.495. The van der Waals surface area contributed by atoms with Crippen LogP contribution in [-0.2, 0) is 0 Å². The van der Waals surface area contributed by atoms with Crippen LogP contribution in [0.2, 0.25) is 0 Å². The molecule has 0 fully saturated rings. The molecular weight excluding hydrogens is 140 g/mol. The largest absolute Gasteiger partial charge is 0.508 e. The Labute approximate surface area is 66.2 Å². The van der Waals surface area contributed by atoms with E-state index in [9.17, 15) is 0 Å². The van der Waals surface area contributed by atoms with Crippen LogP contribution in [-0.4, -0.2) is 24.2 Å². The monoisotopic (exact) mass is 152 g/mol. The number of nitrogens with one attached hydrogen (secondary N) is 1. The predicted octanol–water partition coefficient (Wildman–Crippen LogP) is 1.28. The van der Waals surface area contributed by atoms with Crippen molar-refractivity contribution in [3.8, 4) is 5.75 Å². The van der Waals surface area contributed by atoms with E-state index in [0.717, 1.165) is 5.69 Å². The molecule has 0 aliphatic rings. The molecule has 0 aliphatic carbocycles. The average Bonchev–Trinajstić information content (AvgIpc) is 1.93. The maximum Gasteiger partial charge on any atom is 0.115 e. The van der Waals surface area contributed by atoms with E-state index in [1.807, 2.05) is 31.2 Å². The number of hydrogen-bond acceptors (Lipinski definition) is 3. The van der Waals surface area contributed by atoms with Crippen LogP contribution in [0.1, 0.15) is 0 Å². The maximum absolute atomic E-state index is 8.95. The second-order valence-corrected chi connectivity index (χ2v) is 2.55. The van der Waals surface area contributed by atoms with Gasteiger partial charge in [-0.3, -0.25) is 0 Å². The standard InChI is InChI=1S/C8H12N2O/c1-10(2)9-7-3-5-8(11)6-4-7/h3-6,9,11H,1-2H3. The molecule has 11 heavy (non-hydrogen) atoms. The highest BCUT2D eigenvalue weighted by atomic mass is 16.3. The van der Waals surface area contributed by atoms with Crippen LogP contribution in [0.25, 0.3) is 0 Å². The third kappa shape index (κ3) is 2.47. The minimum Gasteiger partial charge on any atom is -0.508 e. The summed E-state index contributed by atoms with van der Waals surface area (Å²) in [5.41, 5.74) is 4.02. The highest BCUT2D eigenvalue weighted by molar-refractivity contribution is 5.44. The van der Waals surface area contributed by atoms with E-state index in [1.165, 1.54) is 0 Å². The first kappa shape index (κ1) is 7.88. The lowest BCUT2D eigenvalue weighted by atomic mass is 10.3. The smallest absolute Gasteiger partial charge is 0.115 e.